The van der Waals surface area contributed by atoms with E-state index in [-0.39, 0.29) is 29.6 Å². The molecule has 2 N–H and O–H groups in total. The highest BCUT2D eigenvalue weighted by Crippen LogP contribution is 2.62. The molecule has 4 aliphatic rings. The van der Waals surface area contributed by atoms with Crippen LogP contribution in [0.2, 0.25) is 0 Å². The van der Waals surface area contributed by atoms with E-state index in [1.807, 2.05) is 34.6 Å². The summed E-state index contributed by atoms with van der Waals surface area (Å²) in [6.07, 6.45) is 4.27. The Balaban J connectivity index is 1.55. The summed E-state index contributed by atoms with van der Waals surface area (Å²) in [7, 11) is 0. The lowest BCUT2D eigenvalue weighted by molar-refractivity contribution is -0.213. The molecular weight excluding hydrogens is 448 g/mol. The SMILES string of the molecule is C=C(CC[C@@H]1[C@@]2(C)CCC[C@@](C)(C=O)[C@@H]2[C@@H](O)C[C@@]1(C)O)C1OC(C)(C)OC1C1OC(=O)C=C1C. The van der Waals surface area contributed by atoms with Gasteiger partial charge in [-0.3, -0.25) is 0 Å². The standard InChI is InChI=1S/C28H42O7/c1-16(22-23(35-25(3,4)34-22)21-17(2)13-20(31)33-21)9-10-19-27(6)12-8-11-26(5,15-29)24(27)18(30)14-28(19,7)32/h13,15,18-19,21-24,30,32H,1,8-12,14H2,2-7H3/t18-,19+,21?,22?,23?,24-,26-,27+,28+/m0/s1. The number of cyclic esters (lactones) is 1. The Morgan fingerprint density at radius 1 is 1.20 bits per heavy atom. The molecule has 2 heterocycles. The normalized spacial score (nSPS) is 47.1. The molecule has 0 aromatic carbocycles. The van der Waals surface area contributed by atoms with Crippen LogP contribution < -0.4 is 0 Å². The third-order valence-corrected chi connectivity index (χ3v) is 9.30. The minimum absolute atomic E-state index is 0.126. The maximum absolute atomic E-state index is 12.1. The number of rotatable bonds is 6. The molecule has 3 unspecified atom stereocenters. The first-order chi connectivity index (χ1) is 16.1. The maximum atomic E-state index is 12.1. The molecule has 7 nitrogen and oxygen atoms in total. The fourth-order valence-corrected chi connectivity index (χ4v) is 8.00. The van der Waals surface area contributed by atoms with Crippen molar-refractivity contribution < 1.29 is 34.0 Å². The third kappa shape index (κ3) is 4.54. The van der Waals surface area contributed by atoms with Crippen LogP contribution in [0.5, 0.6) is 0 Å². The van der Waals surface area contributed by atoms with Crippen LogP contribution in [0.4, 0.5) is 0 Å². The minimum Gasteiger partial charge on any atom is -0.452 e. The van der Waals surface area contributed by atoms with Crippen LogP contribution in [0.25, 0.3) is 0 Å². The Kier molecular flexibility index (Phi) is 6.66. The summed E-state index contributed by atoms with van der Waals surface area (Å²) >= 11 is 0. The molecule has 0 bridgehead atoms. The van der Waals surface area contributed by atoms with Crippen molar-refractivity contribution in [3.63, 3.8) is 0 Å². The van der Waals surface area contributed by atoms with Crippen LogP contribution in [-0.2, 0) is 23.8 Å². The van der Waals surface area contributed by atoms with Crippen molar-refractivity contribution in [2.75, 3.05) is 0 Å². The Morgan fingerprint density at radius 3 is 2.49 bits per heavy atom. The van der Waals surface area contributed by atoms with Crippen molar-refractivity contribution in [2.45, 2.75) is 116 Å². The molecule has 0 spiro atoms. The number of hydrogen-bond acceptors (Lipinski definition) is 7. The fraction of sp³-hybridized carbons (Fsp3) is 0.786. The van der Waals surface area contributed by atoms with Crippen LogP contribution in [-0.4, -0.2) is 58.3 Å². The Labute approximate surface area is 208 Å². The molecule has 2 aliphatic carbocycles. The first-order valence-electron chi connectivity index (χ1n) is 12.9. The summed E-state index contributed by atoms with van der Waals surface area (Å²) in [6.45, 7) is 15.8. The molecule has 0 amide bonds. The van der Waals surface area contributed by atoms with Crippen molar-refractivity contribution in [1.29, 1.82) is 0 Å². The van der Waals surface area contributed by atoms with Crippen molar-refractivity contribution in [3.05, 3.63) is 23.8 Å². The quantitative estimate of drug-likeness (QED) is 0.331. The number of fused-ring (bicyclic) bond motifs is 1. The van der Waals surface area contributed by atoms with Gasteiger partial charge in [-0.05, 0) is 75.9 Å². The zero-order valence-corrected chi connectivity index (χ0v) is 22.0. The fourth-order valence-electron chi connectivity index (χ4n) is 8.00. The van der Waals surface area contributed by atoms with Gasteiger partial charge in [0.05, 0.1) is 11.7 Å². The molecule has 0 aromatic rings. The van der Waals surface area contributed by atoms with Gasteiger partial charge >= 0.3 is 5.97 Å². The van der Waals surface area contributed by atoms with E-state index in [0.29, 0.717) is 12.8 Å². The van der Waals surface area contributed by atoms with Gasteiger partial charge in [0, 0.05) is 23.8 Å². The number of aldehydes is 1. The smallest absolute Gasteiger partial charge is 0.331 e. The molecule has 196 valence electrons. The average molecular weight is 491 g/mol. The lowest BCUT2D eigenvalue weighted by Crippen LogP contribution is -2.63. The summed E-state index contributed by atoms with van der Waals surface area (Å²) in [5, 5.41) is 22.6. The monoisotopic (exact) mass is 490 g/mol. The number of hydrogen-bond donors (Lipinski definition) is 2. The topological polar surface area (TPSA) is 102 Å². The van der Waals surface area contributed by atoms with Crippen LogP contribution in [0, 0.1) is 22.7 Å². The summed E-state index contributed by atoms with van der Waals surface area (Å²) in [5.41, 5.74) is -0.438. The summed E-state index contributed by atoms with van der Waals surface area (Å²) in [6, 6.07) is 0. The Morgan fingerprint density at radius 2 is 1.89 bits per heavy atom. The molecule has 0 aromatic heterocycles. The number of carbonyl (C=O) groups excluding carboxylic acids is 2. The zero-order chi connectivity index (χ0) is 26.0. The van der Waals surface area contributed by atoms with Gasteiger partial charge in [0.1, 0.15) is 18.5 Å². The molecule has 0 radical (unpaired) electrons. The van der Waals surface area contributed by atoms with Crippen molar-refractivity contribution >= 4 is 12.3 Å². The van der Waals surface area contributed by atoms with E-state index in [2.05, 4.69) is 13.5 Å². The molecule has 1 saturated heterocycles. The predicted octanol–water partition coefficient (Wildman–Crippen LogP) is 3.86. The number of ether oxygens (including phenoxy) is 3. The second-order valence-corrected chi connectivity index (χ2v) is 12.6. The molecule has 2 saturated carbocycles. The lowest BCUT2D eigenvalue weighted by Gasteiger charge is -2.62. The number of carbonyl (C=O) groups is 2. The summed E-state index contributed by atoms with van der Waals surface area (Å²) in [4.78, 5) is 24.0. The molecule has 2 aliphatic heterocycles. The van der Waals surface area contributed by atoms with E-state index in [0.717, 1.165) is 36.7 Å². The van der Waals surface area contributed by atoms with E-state index in [1.165, 1.54) is 6.08 Å². The van der Waals surface area contributed by atoms with Crippen LogP contribution >= 0.6 is 0 Å². The molecule has 35 heavy (non-hydrogen) atoms. The first-order valence-corrected chi connectivity index (χ1v) is 12.9. The van der Waals surface area contributed by atoms with E-state index in [9.17, 15) is 19.8 Å². The van der Waals surface area contributed by atoms with E-state index >= 15 is 0 Å². The van der Waals surface area contributed by atoms with E-state index in [4.69, 9.17) is 14.2 Å². The lowest BCUT2D eigenvalue weighted by atomic mass is 9.44. The van der Waals surface area contributed by atoms with Crippen LogP contribution in [0.1, 0.15) is 80.1 Å². The largest absolute Gasteiger partial charge is 0.452 e. The second-order valence-electron chi connectivity index (χ2n) is 12.6. The van der Waals surface area contributed by atoms with Gasteiger partial charge in [0.15, 0.2) is 11.9 Å². The predicted molar refractivity (Wildman–Crippen MR) is 130 cm³/mol. The summed E-state index contributed by atoms with van der Waals surface area (Å²) < 4.78 is 17.9. The summed E-state index contributed by atoms with van der Waals surface area (Å²) in [5.74, 6) is -1.56. The molecule has 9 atom stereocenters. The van der Waals surface area contributed by atoms with Gasteiger partial charge in [-0.25, -0.2) is 4.79 Å². The van der Waals surface area contributed by atoms with Gasteiger partial charge in [0.25, 0.3) is 0 Å². The van der Waals surface area contributed by atoms with Crippen LogP contribution in [0.3, 0.4) is 0 Å². The molecule has 3 fully saturated rings. The Bertz CT molecular complexity index is 920. The van der Waals surface area contributed by atoms with Crippen molar-refractivity contribution in [2.24, 2.45) is 22.7 Å². The molecule has 7 heteroatoms. The maximum Gasteiger partial charge on any atom is 0.331 e. The van der Waals surface area contributed by atoms with Gasteiger partial charge in [-0.2, -0.15) is 0 Å². The highest BCUT2D eigenvalue weighted by atomic mass is 16.8. The first kappa shape index (κ1) is 26.5. The highest BCUT2D eigenvalue weighted by molar-refractivity contribution is 5.85. The van der Waals surface area contributed by atoms with Crippen molar-refractivity contribution in [1.82, 2.24) is 0 Å². The number of esters is 1. The zero-order valence-electron chi connectivity index (χ0n) is 22.0. The second kappa shape index (κ2) is 8.79. The van der Waals surface area contributed by atoms with Gasteiger partial charge in [-0.15, -0.1) is 0 Å². The Hall–Kier alpha value is -1.54. The number of aliphatic hydroxyl groups is 2. The van der Waals surface area contributed by atoms with E-state index in [1.54, 1.807) is 0 Å². The van der Waals surface area contributed by atoms with Crippen molar-refractivity contribution in [3.8, 4) is 0 Å². The van der Waals surface area contributed by atoms with Gasteiger partial charge < -0.3 is 29.2 Å². The molecular formula is C28H42O7. The van der Waals surface area contributed by atoms with Crippen LogP contribution in [0.15, 0.2) is 23.8 Å². The molecule has 4 rings (SSSR count). The number of aliphatic hydroxyl groups excluding tert-OH is 1. The third-order valence-electron chi connectivity index (χ3n) is 9.30. The van der Waals surface area contributed by atoms with Gasteiger partial charge in [-0.1, -0.05) is 26.8 Å². The highest BCUT2D eigenvalue weighted by Gasteiger charge is 2.62. The van der Waals surface area contributed by atoms with E-state index < -0.39 is 41.2 Å². The minimum atomic E-state index is -1.07. The van der Waals surface area contributed by atoms with Gasteiger partial charge in [0.2, 0.25) is 0 Å². The average Bonchev–Trinajstić information content (AvgIpc) is 3.23.